The monoisotopic (exact) mass is 882 g/mol. The average molecular weight is 883 g/mol. The number of anilines is 3. The number of aromatic nitrogens is 1. The molecular weight excluding hydrogens is 837 g/mol. The predicted molar refractivity (Wildman–Crippen MR) is 291 cm³/mol. The van der Waals surface area contributed by atoms with Crippen LogP contribution in [-0.2, 0) is 0 Å². The van der Waals surface area contributed by atoms with Crippen LogP contribution < -0.4 is 4.90 Å². The van der Waals surface area contributed by atoms with Crippen LogP contribution in [0.25, 0.3) is 99.5 Å². The zero-order valence-electron chi connectivity index (χ0n) is 38.0. The van der Waals surface area contributed by atoms with Crippen LogP contribution in [0.2, 0.25) is 0 Å². The molecule has 1 aliphatic rings. The lowest BCUT2D eigenvalue weighted by Crippen LogP contribution is -2.11. The normalized spacial score (nSPS) is 12.6. The number of hydrogen-bond donors (Lipinski definition) is 0. The van der Waals surface area contributed by atoms with Crippen molar-refractivity contribution >= 4 is 66.4 Å². The molecule has 2 heterocycles. The summed E-state index contributed by atoms with van der Waals surface area (Å²) in [5, 5.41) is 4.77. The van der Waals surface area contributed by atoms with Crippen molar-refractivity contribution in [3.63, 3.8) is 0 Å². The highest BCUT2D eigenvalue weighted by molar-refractivity contribution is 6.11. The molecule has 1 aliphatic carbocycles. The summed E-state index contributed by atoms with van der Waals surface area (Å²) in [6.07, 6.45) is 9.05. The van der Waals surface area contributed by atoms with E-state index in [9.17, 15) is 0 Å². The van der Waals surface area contributed by atoms with E-state index in [2.05, 4.69) is 258 Å². The molecule has 13 rings (SSSR count). The van der Waals surface area contributed by atoms with E-state index in [0.29, 0.717) is 0 Å². The smallest absolute Gasteiger partial charge is 0.143 e. The number of allylic oxidation sites excluding steroid dienone is 4. The van der Waals surface area contributed by atoms with Crippen molar-refractivity contribution in [2.24, 2.45) is 0 Å². The summed E-state index contributed by atoms with van der Waals surface area (Å²) in [7, 11) is 0. The van der Waals surface area contributed by atoms with Crippen molar-refractivity contribution in [3.05, 3.63) is 260 Å². The molecule has 0 bridgehead atoms. The van der Waals surface area contributed by atoms with Gasteiger partial charge in [0.25, 0.3) is 0 Å². The van der Waals surface area contributed by atoms with Crippen LogP contribution in [0.4, 0.5) is 17.1 Å². The molecule has 3 nitrogen and oxygen atoms in total. The largest absolute Gasteiger partial charge is 0.455 e. The Bertz CT molecular complexity index is 3890. The molecule has 0 unspecified atom stereocenters. The first-order chi connectivity index (χ1) is 34.2. The molecule has 10 aromatic carbocycles. The van der Waals surface area contributed by atoms with Gasteiger partial charge in [-0.15, -0.1) is 0 Å². The number of para-hydroxylation sites is 6. The van der Waals surface area contributed by atoms with E-state index < -0.39 is 0 Å². The highest BCUT2D eigenvalue weighted by atomic mass is 16.3. The Balaban J connectivity index is 0.886. The third-order valence-corrected chi connectivity index (χ3v) is 13.9. The average Bonchev–Trinajstić information content (AvgIpc) is 3.98. The van der Waals surface area contributed by atoms with Crippen molar-refractivity contribution < 1.29 is 4.42 Å². The quantitative estimate of drug-likeness (QED) is 0.144. The van der Waals surface area contributed by atoms with Crippen molar-refractivity contribution in [2.75, 3.05) is 4.90 Å². The number of nitrogens with zero attached hydrogens (tertiary/aromatic N) is 2. The molecule has 326 valence electrons. The maximum atomic E-state index is 6.56. The second-order valence-electron chi connectivity index (χ2n) is 17.9. The molecule has 0 spiro atoms. The van der Waals surface area contributed by atoms with Gasteiger partial charge in [0.2, 0.25) is 0 Å². The maximum Gasteiger partial charge on any atom is 0.143 e. The van der Waals surface area contributed by atoms with E-state index in [0.717, 1.165) is 79.7 Å². The Hall–Kier alpha value is -8.92. The second-order valence-corrected chi connectivity index (χ2v) is 17.9. The van der Waals surface area contributed by atoms with E-state index in [1.807, 2.05) is 6.07 Å². The Morgan fingerprint density at radius 1 is 0.377 bits per heavy atom. The van der Waals surface area contributed by atoms with Gasteiger partial charge < -0.3 is 13.9 Å². The Morgan fingerprint density at radius 3 is 1.68 bits per heavy atom. The Morgan fingerprint density at radius 2 is 0.942 bits per heavy atom. The molecule has 2 aromatic heterocycles. The zero-order chi connectivity index (χ0) is 45.7. The lowest BCUT2D eigenvalue weighted by atomic mass is 9.95. The van der Waals surface area contributed by atoms with E-state index in [4.69, 9.17) is 4.42 Å². The van der Waals surface area contributed by atoms with Crippen LogP contribution in [0, 0.1) is 0 Å². The number of fused-ring (bicyclic) bond motifs is 6. The van der Waals surface area contributed by atoms with Crippen LogP contribution in [0.1, 0.15) is 18.4 Å². The van der Waals surface area contributed by atoms with Crippen LogP contribution >= 0.6 is 0 Å². The third kappa shape index (κ3) is 7.15. The van der Waals surface area contributed by atoms with E-state index in [1.54, 1.807) is 0 Å². The fraction of sp³-hybridized carbons (Fsp3) is 0.0303. The van der Waals surface area contributed by atoms with E-state index in [1.165, 1.54) is 55.3 Å². The van der Waals surface area contributed by atoms with Gasteiger partial charge in [0.15, 0.2) is 0 Å². The first-order valence-electron chi connectivity index (χ1n) is 23.9. The molecule has 12 aromatic rings. The van der Waals surface area contributed by atoms with Gasteiger partial charge >= 0.3 is 0 Å². The molecule has 0 radical (unpaired) electrons. The maximum absolute atomic E-state index is 6.56. The summed E-state index contributed by atoms with van der Waals surface area (Å²) in [5.41, 5.74) is 20.3. The number of furan rings is 1. The molecule has 0 fully saturated rings. The minimum atomic E-state index is 0.896. The fourth-order valence-electron chi connectivity index (χ4n) is 10.5. The van der Waals surface area contributed by atoms with Gasteiger partial charge in [-0.05, 0) is 106 Å². The van der Waals surface area contributed by atoms with Crippen LogP contribution in [0.3, 0.4) is 0 Å². The highest BCUT2D eigenvalue weighted by Crippen LogP contribution is 2.44. The molecule has 0 aliphatic heterocycles. The van der Waals surface area contributed by atoms with Crippen molar-refractivity contribution in [1.29, 1.82) is 0 Å². The molecule has 0 saturated carbocycles. The first kappa shape index (κ1) is 40.4. The number of hydrogen-bond acceptors (Lipinski definition) is 2. The van der Waals surface area contributed by atoms with Gasteiger partial charge in [-0.3, -0.25) is 0 Å². The van der Waals surface area contributed by atoms with Gasteiger partial charge in [-0.25, -0.2) is 0 Å². The molecule has 0 saturated heterocycles. The minimum absolute atomic E-state index is 0.896. The molecule has 3 heteroatoms. The van der Waals surface area contributed by atoms with Gasteiger partial charge in [-0.1, -0.05) is 200 Å². The highest BCUT2D eigenvalue weighted by Gasteiger charge is 2.20. The molecule has 0 atom stereocenters. The van der Waals surface area contributed by atoms with Gasteiger partial charge in [0.05, 0.1) is 22.4 Å². The van der Waals surface area contributed by atoms with Crippen LogP contribution in [0.5, 0.6) is 0 Å². The van der Waals surface area contributed by atoms with Gasteiger partial charge in [0, 0.05) is 49.6 Å². The van der Waals surface area contributed by atoms with Crippen molar-refractivity contribution in [1.82, 2.24) is 4.57 Å². The number of benzene rings is 10. The van der Waals surface area contributed by atoms with Crippen LogP contribution in [0.15, 0.2) is 259 Å². The first-order valence-corrected chi connectivity index (χ1v) is 23.9. The lowest BCUT2D eigenvalue weighted by Gasteiger charge is -2.28. The summed E-state index contributed by atoms with van der Waals surface area (Å²) < 4.78 is 8.97. The fourth-order valence-corrected chi connectivity index (χ4v) is 10.5. The number of rotatable bonds is 9. The summed E-state index contributed by atoms with van der Waals surface area (Å²) >= 11 is 0. The van der Waals surface area contributed by atoms with Gasteiger partial charge in [-0.2, -0.15) is 0 Å². The van der Waals surface area contributed by atoms with Crippen LogP contribution in [-0.4, -0.2) is 4.57 Å². The van der Waals surface area contributed by atoms with E-state index >= 15 is 0 Å². The summed E-state index contributed by atoms with van der Waals surface area (Å²) in [4.78, 5) is 2.40. The molecule has 0 amide bonds. The minimum Gasteiger partial charge on any atom is -0.455 e. The summed E-state index contributed by atoms with van der Waals surface area (Å²) in [6.45, 7) is 0. The SMILES string of the molecule is C1=CC(c2ccc(-c3ccccc3N(c3ccc(-c4ccc(-c5ccccc5-n5c6ccccc6c6ccccc65)cc4)cc3)c3cccc(-c4cccc5c4oc4ccccc45)c3)cc2)=CCC1. The van der Waals surface area contributed by atoms with E-state index in [-0.39, 0.29) is 0 Å². The Labute approximate surface area is 401 Å². The Kier molecular flexibility index (Phi) is 9.98. The zero-order valence-corrected chi connectivity index (χ0v) is 38.0. The summed E-state index contributed by atoms with van der Waals surface area (Å²) in [5.74, 6) is 0. The topological polar surface area (TPSA) is 21.3 Å². The molecular formula is C66H46N2O. The van der Waals surface area contributed by atoms with Crippen molar-refractivity contribution in [2.45, 2.75) is 12.8 Å². The molecule has 69 heavy (non-hydrogen) atoms. The van der Waals surface area contributed by atoms with Gasteiger partial charge in [0.1, 0.15) is 11.2 Å². The summed E-state index contributed by atoms with van der Waals surface area (Å²) in [6, 6.07) is 85.7. The third-order valence-electron chi connectivity index (χ3n) is 13.9. The molecule has 0 N–H and O–H groups in total. The lowest BCUT2D eigenvalue weighted by molar-refractivity contribution is 0.670. The standard InChI is InChI=1S/C66H46N2O/c1-2-16-45(17-3-1)46-32-36-49(37-33-46)54-20-4-9-27-61(54)67(53-19-14-18-51(44-53)56-25-15-26-60-59-24-8-13-31-65(59)69-66(56)60)52-42-40-48(41-43-52)47-34-38-50(39-35-47)55-21-5-10-28-62(55)68-63-29-11-6-22-57(63)58-23-7-12-30-64(58)68/h2,4-44H,1,3H2. The second kappa shape index (κ2) is 17.1. The van der Waals surface area contributed by atoms with Crippen molar-refractivity contribution in [3.8, 4) is 50.2 Å². The predicted octanol–water partition coefficient (Wildman–Crippen LogP) is 18.6.